The lowest BCUT2D eigenvalue weighted by Gasteiger charge is -2.34. The minimum atomic E-state index is -0.379. The van der Waals surface area contributed by atoms with Gasteiger partial charge < -0.3 is 9.15 Å². The Morgan fingerprint density at radius 2 is 1.58 bits per heavy atom. The molecule has 1 aliphatic rings. The highest BCUT2D eigenvalue weighted by Gasteiger charge is 2.41. The molecule has 0 N–H and O–H groups in total. The van der Waals surface area contributed by atoms with E-state index in [1.807, 2.05) is 18.2 Å². The Kier molecular flexibility index (Phi) is 3.86. The highest BCUT2D eigenvalue weighted by Crippen LogP contribution is 2.41. The normalized spacial score (nSPS) is 16.9. The van der Waals surface area contributed by atoms with Gasteiger partial charge in [0.2, 0.25) is 5.89 Å². The third-order valence-electron chi connectivity index (χ3n) is 4.61. The summed E-state index contributed by atoms with van der Waals surface area (Å²) in [5.74, 6) is 0.369. The van der Waals surface area contributed by atoms with E-state index in [4.69, 9.17) is 9.15 Å². The quantitative estimate of drug-likeness (QED) is 0.731. The van der Waals surface area contributed by atoms with Crippen LogP contribution < -0.4 is 0 Å². The van der Waals surface area contributed by atoms with E-state index in [-0.39, 0.29) is 17.1 Å². The fourth-order valence-corrected chi connectivity index (χ4v) is 3.26. The van der Waals surface area contributed by atoms with Crippen molar-refractivity contribution in [3.05, 3.63) is 71.9 Å². The van der Waals surface area contributed by atoms with Crippen LogP contribution >= 0.6 is 0 Å². The molecule has 1 aliphatic heterocycles. The van der Waals surface area contributed by atoms with Gasteiger partial charge in [-0.15, -0.1) is 10.2 Å². The summed E-state index contributed by atoms with van der Waals surface area (Å²) in [5.41, 5.74) is 1.07. The van der Waals surface area contributed by atoms with E-state index in [0.29, 0.717) is 24.7 Å². The number of hydrogen-bond donors (Lipinski definition) is 0. The molecule has 1 saturated heterocycles. The molecule has 1 aromatic heterocycles. The van der Waals surface area contributed by atoms with Crippen molar-refractivity contribution in [2.24, 2.45) is 0 Å². The minimum absolute atomic E-state index is 0.213. The fraction of sp³-hybridized carbons (Fsp3) is 0.263. The van der Waals surface area contributed by atoms with Crippen LogP contribution in [0.15, 0.2) is 59.0 Å². The maximum absolute atomic E-state index is 14.0. The largest absolute Gasteiger partial charge is 0.420 e. The zero-order valence-corrected chi connectivity index (χ0v) is 13.1. The highest BCUT2D eigenvalue weighted by atomic mass is 19.1. The van der Waals surface area contributed by atoms with Crippen molar-refractivity contribution in [3.8, 4) is 11.5 Å². The molecule has 0 bridgehead atoms. The molecule has 3 aromatic rings. The Morgan fingerprint density at radius 1 is 0.875 bits per heavy atom. The third-order valence-corrected chi connectivity index (χ3v) is 4.61. The molecule has 5 heteroatoms. The van der Waals surface area contributed by atoms with Crippen LogP contribution in [-0.4, -0.2) is 23.4 Å². The predicted molar refractivity (Wildman–Crippen MR) is 87.0 cm³/mol. The number of aromatic nitrogens is 2. The lowest BCUT2D eigenvalue weighted by Crippen LogP contribution is -2.35. The maximum Gasteiger partial charge on any atom is 0.250 e. The SMILES string of the molecule is Fc1ccccc1-c1nnc(C2(c3ccccc3)CCOCC2)o1. The molecular formula is C19H17FN2O2. The number of nitrogens with zero attached hydrogens (tertiary/aromatic N) is 2. The van der Waals surface area contributed by atoms with E-state index < -0.39 is 0 Å². The summed E-state index contributed by atoms with van der Waals surface area (Å²) in [6.45, 7) is 1.26. The molecule has 4 nitrogen and oxygen atoms in total. The molecule has 0 atom stereocenters. The van der Waals surface area contributed by atoms with E-state index in [9.17, 15) is 4.39 Å². The van der Waals surface area contributed by atoms with E-state index in [1.165, 1.54) is 6.07 Å². The molecule has 122 valence electrons. The second kappa shape index (κ2) is 6.17. The van der Waals surface area contributed by atoms with E-state index in [0.717, 1.165) is 18.4 Å². The van der Waals surface area contributed by atoms with E-state index >= 15 is 0 Å². The summed E-state index contributed by atoms with van der Waals surface area (Å²) in [7, 11) is 0. The molecule has 0 amide bonds. The van der Waals surface area contributed by atoms with Gasteiger partial charge in [-0.05, 0) is 30.5 Å². The lowest BCUT2D eigenvalue weighted by atomic mass is 9.74. The Hall–Kier alpha value is -2.53. The van der Waals surface area contributed by atoms with Crippen LogP contribution in [0.25, 0.3) is 11.5 Å². The molecule has 0 aliphatic carbocycles. The summed E-state index contributed by atoms with van der Waals surface area (Å²) in [6, 6.07) is 16.5. The van der Waals surface area contributed by atoms with Crippen molar-refractivity contribution in [2.45, 2.75) is 18.3 Å². The minimum Gasteiger partial charge on any atom is -0.420 e. The van der Waals surface area contributed by atoms with Gasteiger partial charge in [0.15, 0.2) is 0 Å². The van der Waals surface area contributed by atoms with Crippen LogP contribution in [0, 0.1) is 5.82 Å². The van der Waals surface area contributed by atoms with Crippen LogP contribution in [0.4, 0.5) is 4.39 Å². The van der Waals surface area contributed by atoms with Gasteiger partial charge in [0.25, 0.3) is 5.89 Å². The summed E-state index contributed by atoms with van der Waals surface area (Å²) < 4.78 is 25.5. The van der Waals surface area contributed by atoms with Crippen molar-refractivity contribution < 1.29 is 13.5 Å². The molecular weight excluding hydrogens is 307 g/mol. The first-order valence-corrected chi connectivity index (χ1v) is 8.02. The number of rotatable bonds is 3. The molecule has 1 fully saturated rings. The van der Waals surface area contributed by atoms with E-state index in [2.05, 4.69) is 22.3 Å². The Morgan fingerprint density at radius 3 is 2.33 bits per heavy atom. The van der Waals surface area contributed by atoms with Crippen LogP contribution in [0.1, 0.15) is 24.3 Å². The van der Waals surface area contributed by atoms with Gasteiger partial charge in [0, 0.05) is 13.2 Å². The van der Waals surface area contributed by atoms with Gasteiger partial charge in [-0.2, -0.15) is 0 Å². The third kappa shape index (κ3) is 2.51. The van der Waals surface area contributed by atoms with Crippen molar-refractivity contribution in [2.75, 3.05) is 13.2 Å². The first kappa shape index (κ1) is 15.0. The predicted octanol–water partition coefficient (Wildman–Crippen LogP) is 3.97. The molecule has 2 heterocycles. The monoisotopic (exact) mass is 324 g/mol. The molecule has 4 rings (SSSR count). The smallest absolute Gasteiger partial charge is 0.250 e. The summed E-state index contributed by atoms with van der Waals surface area (Å²) in [6.07, 6.45) is 1.52. The molecule has 24 heavy (non-hydrogen) atoms. The Labute approximate surface area is 139 Å². The average Bonchev–Trinajstić information content (AvgIpc) is 3.14. The second-order valence-corrected chi connectivity index (χ2v) is 5.95. The van der Waals surface area contributed by atoms with Gasteiger partial charge in [0.05, 0.1) is 11.0 Å². The molecule has 0 saturated carbocycles. The molecule has 0 unspecified atom stereocenters. The van der Waals surface area contributed by atoms with Crippen LogP contribution in [0.3, 0.4) is 0 Å². The van der Waals surface area contributed by atoms with Crippen LogP contribution in [-0.2, 0) is 10.2 Å². The van der Waals surface area contributed by atoms with Crippen molar-refractivity contribution in [1.82, 2.24) is 10.2 Å². The van der Waals surface area contributed by atoms with Gasteiger partial charge in [-0.25, -0.2) is 4.39 Å². The lowest BCUT2D eigenvalue weighted by molar-refractivity contribution is 0.0546. The molecule has 0 spiro atoms. The maximum atomic E-state index is 14.0. The standard InChI is InChI=1S/C19H17FN2O2/c20-16-9-5-4-8-15(16)17-21-22-18(24-17)19(10-12-23-13-11-19)14-6-2-1-3-7-14/h1-9H,10-13H2. The highest BCUT2D eigenvalue weighted by molar-refractivity contribution is 5.53. The Bertz CT molecular complexity index is 826. The number of hydrogen-bond acceptors (Lipinski definition) is 4. The number of ether oxygens (including phenoxy) is 1. The topological polar surface area (TPSA) is 48.2 Å². The van der Waals surface area contributed by atoms with Crippen LogP contribution in [0.5, 0.6) is 0 Å². The van der Waals surface area contributed by atoms with Crippen molar-refractivity contribution in [1.29, 1.82) is 0 Å². The first-order valence-electron chi connectivity index (χ1n) is 8.02. The summed E-state index contributed by atoms with van der Waals surface area (Å²) >= 11 is 0. The number of halogens is 1. The zero-order chi connectivity index (χ0) is 16.4. The summed E-state index contributed by atoms with van der Waals surface area (Å²) in [5, 5.41) is 8.36. The van der Waals surface area contributed by atoms with E-state index in [1.54, 1.807) is 18.2 Å². The van der Waals surface area contributed by atoms with Gasteiger partial charge in [-0.3, -0.25) is 0 Å². The Balaban J connectivity index is 1.79. The summed E-state index contributed by atoms with van der Waals surface area (Å²) in [4.78, 5) is 0. The first-order chi connectivity index (χ1) is 11.8. The molecule has 2 aromatic carbocycles. The second-order valence-electron chi connectivity index (χ2n) is 5.95. The average molecular weight is 324 g/mol. The van der Waals surface area contributed by atoms with Crippen molar-refractivity contribution in [3.63, 3.8) is 0 Å². The zero-order valence-electron chi connectivity index (χ0n) is 13.1. The fourth-order valence-electron chi connectivity index (χ4n) is 3.26. The van der Waals surface area contributed by atoms with Crippen molar-refractivity contribution >= 4 is 0 Å². The van der Waals surface area contributed by atoms with Gasteiger partial charge >= 0.3 is 0 Å². The van der Waals surface area contributed by atoms with Crippen LogP contribution in [0.2, 0.25) is 0 Å². The number of benzene rings is 2. The molecule has 0 radical (unpaired) electrons. The van der Waals surface area contributed by atoms with Gasteiger partial charge in [0.1, 0.15) is 5.82 Å². The van der Waals surface area contributed by atoms with Gasteiger partial charge in [-0.1, -0.05) is 42.5 Å².